The van der Waals surface area contributed by atoms with Crippen LogP contribution in [0.2, 0.25) is 0 Å². The molecular formula is C12H12N4O. The summed E-state index contributed by atoms with van der Waals surface area (Å²) in [7, 11) is 0. The van der Waals surface area contributed by atoms with Crippen molar-refractivity contribution < 1.29 is 4.79 Å². The molecule has 1 aromatic rings. The van der Waals surface area contributed by atoms with Gasteiger partial charge in [0.05, 0.1) is 23.6 Å². The highest BCUT2D eigenvalue weighted by Gasteiger charge is 2.44. The van der Waals surface area contributed by atoms with Crippen molar-refractivity contribution in [1.29, 1.82) is 5.26 Å². The Hall–Kier alpha value is -2.22. The molecule has 0 aliphatic carbocycles. The maximum atomic E-state index is 11.8. The van der Waals surface area contributed by atoms with Crippen LogP contribution < -0.4 is 16.0 Å². The van der Waals surface area contributed by atoms with Gasteiger partial charge >= 0.3 is 0 Å². The zero-order valence-corrected chi connectivity index (χ0v) is 9.59. The van der Waals surface area contributed by atoms with Gasteiger partial charge in [0.2, 0.25) is 5.91 Å². The van der Waals surface area contributed by atoms with Gasteiger partial charge in [-0.1, -0.05) is 0 Å². The Bertz CT molecular complexity index is 575. The highest BCUT2D eigenvalue weighted by Crippen LogP contribution is 2.43. The molecule has 17 heavy (non-hydrogen) atoms. The Morgan fingerprint density at radius 2 is 1.94 bits per heavy atom. The Morgan fingerprint density at radius 1 is 1.29 bits per heavy atom. The lowest BCUT2D eigenvalue weighted by Gasteiger charge is -2.12. The van der Waals surface area contributed by atoms with Crippen molar-refractivity contribution >= 4 is 23.0 Å². The van der Waals surface area contributed by atoms with Gasteiger partial charge in [-0.15, -0.1) is 0 Å². The average molecular weight is 228 g/mol. The van der Waals surface area contributed by atoms with Crippen molar-refractivity contribution in [3.63, 3.8) is 0 Å². The largest absolute Gasteiger partial charge is 0.364 e. The van der Waals surface area contributed by atoms with Crippen molar-refractivity contribution in [2.24, 2.45) is 0 Å². The third-order valence-electron chi connectivity index (χ3n) is 3.37. The van der Waals surface area contributed by atoms with Gasteiger partial charge in [-0.3, -0.25) is 4.79 Å². The van der Waals surface area contributed by atoms with Gasteiger partial charge in [0, 0.05) is 11.3 Å². The molecule has 2 aliphatic rings. The van der Waals surface area contributed by atoms with E-state index in [1.54, 1.807) is 6.92 Å². The smallest absolute Gasteiger partial charge is 0.249 e. The van der Waals surface area contributed by atoms with Gasteiger partial charge in [-0.25, -0.2) is 0 Å². The van der Waals surface area contributed by atoms with E-state index >= 15 is 0 Å². The van der Waals surface area contributed by atoms with Crippen LogP contribution >= 0.6 is 0 Å². The summed E-state index contributed by atoms with van der Waals surface area (Å²) in [5, 5.41) is 18.4. The molecule has 1 amide bonds. The van der Waals surface area contributed by atoms with Gasteiger partial charge in [0.1, 0.15) is 0 Å². The summed E-state index contributed by atoms with van der Waals surface area (Å²) >= 11 is 0. The van der Waals surface area contributed by atoms with E-state index in [9.17, 15) is 10.1 Å². The van der Waals surface area contributed by atoms with Crippen LogP contribution in [-0.2, 0) is 10.2 Å². The van der Waals surface area contributed by atoms with Gasteiger partial charge in [-0.05, 0) is 26.0 Å². The van der Waals surface area contributed by atoms with Gasteiger partial charge in [0.15, 0.2) is 5.41 Å². The molecule has 0 bridgehead atoms. The fourth-order valence-electron chi connectivity index (χ4n) is 2.34. The Labute approximate surface area is 98.8 Å². The van der Waals surface area contributed by atoms with E-state index in [2.05, 4.69) is 22.0 Å². The molecule has 3 N–H and O–H groups in total. The zero-order valence-electron chi connectivity index (χ0n) is 9.59. The number of carbonyl (C=O) groups excluding carboxylic acids is 1. The van der Waals surface area contributed by atoms with E-state index in [0.717, 1.165) is 22.6 Å². The van der Waals surface area contributed by atoms with Crippen LogP contribution in [0.25, 0.3) is 0 Å². The minimum absolute atomic E-state index is 0.163. The first-order chi connectivity index (χ1) is 8.04. The van der Waals surface area contributed by atoms with Crippen molar-refractivity contribution in [1.82, 2.24) is 0 Å². The standard InChI is InChI=1S/C12H12N4O/c1-6-14-9-3-7-8(4-10(9)15-6)16-11(17)12(7,2)5-13/h3-4,6,14-15H,1-2H3,(H,16,17). The van der Waals surface area contributed by atoms with Gasteiger partial charge in [-0.2, -0.15) is 5.26 Å². The number of nitrogens with one attached hydrogen (secondary N) is 3. The molecular weight excluding hydrogens is 216 g/mol. The predicted molar refractivity (Wildman–Crippen MR) is 64.7 cm³/mol. The lowest BCUT2D eigenvalue weighted by molar-refractivity contribution is -0.118. The molecule has 0 aromatic heterocycles. The monoisotopic (exact) mass is 228 g/mol. The SMILES string of the molecule is CC1Nc2cc3c(cc2N1)C(C)(C#N)C(=O)N3. The van der Waals surface area contributed by atoms with Crippen LogP contribution in [0.4, 0.5) is 17.1 Å². The molecule has 2 heterocycles. The summed E-state index contributed by atoms with van der Waals surface area (Å²) in [5.41, 5.74) is 2.28. The highest BCUT2D eigenvalue weighted by molar-refractivity contribution is 6.09. The molecule has 0 radical (unpaired) electrons. The van der Waals surface area contributed by atoms with Crippen LogP contribution in [0, 0.1) is 11.3 Å². The van der Waals surface area contributed by atoms with Gasteiger partial charge in [0.25, 0.3) is 0 Å². The number of hydrogen-bond donors (Lipinski definition) is 3. The Balaban J connectivity index is 2.18. The third-order valence-corrected chi connectivity index (χ3v) is 3.37. The van der Waals surface area contributed by atoms with E-state index in [-0.39, 0.29) is 12.1 Å². The maximum Gasteiger partial charge on any atom is 0.249 e. The summed E-state index contributed by atoms with van der Waals surface area (Å²) < 4.78 is 0. The van der Waals surface area contributed by atoms with Gasteiger partial charge < -0.3 is 16.0 Å². The molecule has 86 valence electrons. The number of fused-ring (bicyclic) bond motifs is 2. The number of benzene rings is 1. The van der Waals surface area contributed by atoms with E-state index < -0.39 is 5.41 Å². The highest BCUT2D eigenvalue weighted by atomic mass is 16.2. The fraction of sp³-hybridized carbons (Fsp3) is 0.333. The first-order valence-electron chi connectivity index (χ1n) is 5.49. The molecule has 5 nitrogen and oxygen atoms in total. The summed E-state index contributed by atoms with van der Waals surface area (Å²) in [4.78, 5) is 11.8. The van der Waals surface area contributed by atoms with Crippen LogP contribution in [0.3, 0.4) is 0 Å². The Kier molecular flexibility index (Phi) is 1.71. The summed E-state index contributed by atoms with van der Waals surface area (Å²) in [5.74, 6) is -0.258. The number of anilines is 3. The quantitative estimate of drug-likeness (QED) is 0.630. The van der Waals surface area contributed by atoms with Crippen molar-refractivity contribution in [3.8, 4) is 6.07 Å². The second-order valence-corrected chi connectivity index (χ2v) is 4.64. The first-order valence-corrected chi connectivity index (χ1v) is 5.49. The molecule has 1 aromatic carbocycles. The van der Waals surface area contributed by atoms with Crippen molar-refractivity contribution in [3.05, 3.63) is 17.7 Å². The number of carbonyl (C=O) groups is 1. The van der Waals surface area contributed by atoms with Crippen LogP contribution in [0.5, 0.6) is 0 Å². The molecule has 0 spiro atoms. The van der Waals surface area contributed by atoms with Crippen molar-refractivity contribution in [2.45, 2.75) is 25.4 Å². The van der Waals surface area contributed by atoms with E-state index in [0.29, 0.717) is 0 Å². The molecule has 5 heteroatoms. The van der Waals surface area contributed by atoms with E-state index in [4.69, 9.17) is 0 Å². The predicted octanol–water partition coefficient (Wildman–Crippen LogP) is 1.60. The molecule has 2 aliphatic heterocycles. The summed E-state index contributed by atoms with van der Waals surface area (Å²) in [6.45, 7) is 3.65. The third kappa shape index (κ3) is 1.15. The maximum absolute atomic E-state index is 11.8. The summed E-state index contributed by atoms with van der Waals surface area (Å²) in [6, 6.07) is 5.84. The molecule has 0 saturated heterocycles. The molecule has 3 rings (SSSR count). The zero-order chi connectivity index (χ0) is 12.2. The second-order valence-electron chi connectivity index (χ2n) is 4.64. The van der Waals surface area contributed by atoms with Crippen LogP contribution in [-0.4, -0.2) is 12.1 Å². The number of nitriles is 1. The van der Waals surface area contributed by atoms with E-state index in [1.165, 1.54) is 0 Å². The lowest BCUT2D eigenvalue weighted by Crippen LogP contribution is -2.28. The lowest BCUT2D eigenvalue weighted by atomic mass is 9.85. The van der Waals surface area contributed by atoms with E-state index in [1.807, 2.05) is 19.1 Å². The van der Waals surface area contributed by atoms with Crippen molar-refractivity contribution in [2.75, 3.05) is 16.0 Å². The summed E-state index contributed by atoms with van der Waals surface area (Å²) in [6.07, 6.45) is 0.163. The minimum Gasteiger partial charge on any atom is -0.364 e. The topological polar surface area (TPSA) is 76.9 Å². The number of hydrogen-bond acceptors (Lipinski definition) is 4. The normalized spacial score (nSPS) is 28.5. The second kappa shape index (κ2) is 2.92. The first kappa shape index (κ1) is 9.97. The number of nitrogens with zero attached hydrogens (tertiary/aromatic N) is 1. The van der Waals surface area contributed by atoms with Crippen LogP contribution in [0.1, 0.15) is 19.4 Å². The van der Waals surface area contributed by atoms with Crippen LogP contribution in [0.15, 0.2) is 12.1 Å². The fourth-order valence-corrected chi connectivity index (χ4v) is 2.34. The number of rotatable bonds is 0. The number of amides is 1. The molecule has 2 atom stereocenters. The molecule has 2 unspecified atom stereocenters. The average Bonchev–Trinajstić information content (AvgIpc) is 2.75. The minimum atomic E-state index is -1.09. The Morgan fingerprint density at radius 3 is 2.59 bits per heavy atom. The molecule has 0 saturated carbocycles. The molecule has 0 fully saturated rings.